The van der Waals surface area contributed by atoms with Gasteiger partial charge in [-0.05, 0) is 36.6 Å². The van der Waals surface area contributed by atoms with Gasteiger partial charge in [0.25, 0.3) is 0 Å². The predicted octanol–water partition coefficient (Wildman–Crippen LogP) is 7.39. The molecule has 2 aromatic heterocycles. The first-order chi connectivity index (χ1) is 16.5. The number of carboxylic acid groups (broad SMARTS) is 2. The van der Waals surface area contributed by atoms with E-state index in [1.165, 1.54) is 42.2 Å². The molecule has 0 saturated heterocycles. The minimum atomic E-state index is -1.83. The summed E-state index contributed by atoms with van der Waals surface area (Å²) in [4.78, 5) is 19.7. The molecule has 2 aromatic carbocycles. The maximum atomic E-state index is 8.56. The number of hydrogen-bond donors (Lipinski definition) is 3. The molecule has 0 amide bonds. The molecule has 4 aromatic rings. The van der Waals surface area contributed by atoms with Crippen LogP contribution in [-0.2, 0) is 6.54 Å². The lowest BCUT2D eigenvalue weighted by Gasteiger charge is -2.21. The Balaban J connectivity index is 0.000000636. The first-order valence-corrected chi connectivity index (χ1v) is 12.3. The summed E-state index contributed by atoms with van der Waals surface area (Å²) in [6.45, 7) is 0.643. The Labute approximate surface area is 206 Å². The highest BCUT2D eigenvalue weighted by Crippen LogP contribution is 2.39. The topological polar surface area (TPSA) is 105 Å². The van der Waals surface area contributed by atoms with Crippen molar-refractivity contribution in [3.63, 3.8) is 0 Å². The predicted molar refractivity (Wildman–Crippen MR) is 137 cm³/mol. The van der Waals surface area contributed by atoms with Gasteiger partial charge in [-0.25, -0.2) is 14.8 Å². The summed E-state index contributed by atoms with van der Waals surface area (Å²) in [5, 5.41) is 20.5. The monoisotopic (exact) mass is 499 g/mol. The lowest BCUT2D eigenvalue weighted by Crippen LogP contribution is -2.11. The average Bonchev–Trinajstić information content (AvgIpc) is 3.21. The molecule has 178 valence electrons. The molecule has 0 bridgehead atoms. The summed E-state index contributed by atoms with van der Waals surface area (Å²) < 4.78 is 6.52. The van der Waals surface area contributed by atoms with Crippen LogP contribution in [0.5, 0.6) is 5.75 Å². The third kappa shape index (κ3) is 5.51. The number of anilines is 1. The second-order valence-corrected chi connectivity index (χ2v) is 9.59. The highest BCUT2D eigenvalue weighted by Gasteiger charge is 2.22. The molecule has 0 spiro atoms. The van der Waals surface area contributed by atoms with Crippen LogP contribution >= 0.6 is 22.9 Å². The van der Waals surface area contributed by atoms with E-state index in [1.807, 2.05) is 18.2 Å². The van der Waals surface area contributed by atoms with Gasteiger partial charge in [0, 0.05) is 22.5 Å². The van der Waals surface area contributed by atoms with Crippen LogP contribution in [0.4, 0.5) is 10.6 Å². The lowest BCUT2D eigenvalue weighted by molar-refractivity contribution is 0.137. The number of hydrogen-bond acceptors (Lipinski definition) is 6. The number of nitrogens with one attached hydrogen (secondary N) is 1. The van der Waals surface area contributed by atoms with Crippen molar-refractivity contribution in [2.75, 3.05) is 12.4 Å². The molecule has 5 rings (SSSR count). The smallest absolute Gasteiger partial charge is 0.495 e. The van der Waals surface area contributed by atoms with Crippen molar-refractivity contribution < 1.29 is 19.7 Å². The van der Waals surface area contributed by atoms with Crippen LogP contribution < -0.4 is 10.1 Å². The molecular formula is C25H26ClN3O4S. The van der Waals surface area contributed by atoms with E-state index in [0.29, 0.717) is 23.2 Å². The molecule has 7 nitrogen and oxygen atoms in total. The van der Waals surface area contributed by atoms with E-state index in [4.69, 9.17) is 41.3 Å². The number of ether oxygens (including phenoxy) is 1. The van der Waals surface area contributed by atoms with Crippen LogP contribution in [0.15, 0.2) is 42.5 Å². The molecule has 0 atom stereocenters. The Kier molecular flexibility index (Phi) is 7.70. The minimum absolute atomic E-state index is 0.462. The third-order valence-corrected chi connectivity index (χ3v) is 7.26. The quantitative estimate of drug-likeness (QED) is 0.263. The molecule has 3 N–H and O–H groups in total. The number of thiophene rings is 1. The van der Waals surface area contributed by atoms with Gasteiger partial charge in [0.2, 0.25) is 0 Å². The number of methoxy groups -OCH3 is 1. The molecule has 1 saturated carbocycles. The summed E-state index contributed by atoms with van der Waals surface area (Å²) in [6, 6.07) is 14.4. The number of benzene rings is 2. The van der Waals surface area contributed by atoms with Gasteiger partial charge in [0.1, 0.15) is 22.2 Å². The number of nitrogens with zero attached hydrogens (tertiary/aromatic N) is 2. The number of fused-ring (bicyclic) bond motifs is 3. The van der Waals surface area contributed by atoms with E-state index < -0.39 is 6.16 Å². The molecule has 34 heavy (non-hydrogen) atoms. The van der Waals surface area contributed by atoms with Crippen molar-refractivity contribution in [1.29, 1.82) is 0 Å². The summed E-state index contributed by atoms with van der Waals surface area (Å²) in [5.41, 5.74) is 1.09. The van der Waals surface area contributed by atoms with Crippen molar-refractivity contribution in [3.8, 4) is 5.75 Å². The zero-order valence-electron chi connectivity index (χ0n) is 18.8. The van der Waals surface area contributed by atoms with E-state index in [0.717, 1.165) is 27.4 Å². The second-order valence-electron chi connectivity index (χ2n) is 8.15. The Bertz CT molecular complexity index is 1300. The molecule has 9 heteroatoms. The van der Waals surface area contributed by atoms with Crippen LogP contribution in [0.3, 0.4) is 0 Å². The largest absolute Gasteiger partial charge is 0.503 e. The standard InChI is InChI=1S/C24H24ClN3OS.CH2O3/c1-29-19-12-11-15(13-18(19)25)14-26-23-21-17-9-5-6-10-20(17)30-24(21)28-22(27-23)16-7-3-2-4-8-16;2-1(3)4/h5-6,9-13,16H,2-4,7-8,14H2,1H3,(H,26,27,28);(H2,2,3,4). The number of carbonyl (C=O) groups is 1. The lowest BCUT2D eigenvalue weighted by atomic mass is 9.88. The van der Waals surface area contributed by atoms with Crippen molar-refractivity contribution in [3.05, 3.63) is 58.9 Å². The number of halogens is 1. The van der Waals surface area contributed by atoms with Crippen LogP contribution in [0, 0.1) is 0 Å². The molecule has 1 aliphatic carbocycles. The van der Waals surface area contributed by atoms with Gasteiger partial charge in [-0.1, -0.05) is 55.1 Å². The van der Waals surface area contributed by atoms with E-state index in [9.17, 15) is 0 Å². The molecule has 0 unspecified atom stereocenters. The summed E-state index contributed by atoms with van der Waals surface area (Å²) in [7, 11) is 1.63. The van der Waals surface area contributed by atoms with E-state index >= 15 is 0 Å². The first kappa shape index (κ1) is 24.0. The fourth-order valence-electron chi connectivity index (χ4n) is 4.32. The number of rotatable bonds is 5. The molecule has 0 radical (unpaired) electrons. The van der Waals surface area contributed by atoms with Crippen molar-refractivity contribution >= 4 is 55.2 Å². The van der Waals surface area contributed by atoms with Crippen LogP contribution in [0.25, 0.3) is 20.3 Å². The SMILES string of the molecule is COc1ccc(CNc2nc(C3CCCCC3)nc3sc4ccccc4c23)cc1Cl.O=C(O)O. The zero-order valence-corrected chi connectivity index (χ0v) is 20.3. The second kappa shape index (κ2) is 10.9. The average molecular weight is 500 g/mol. The highest BCUT2D eigenvalue weighted by atomic mass is 35.5. The number of aromatic nitrogens is 2. The van der Waals surface area contributed by atoms with Gasteiger partial charge >= 0.3 is 6.16 Å². The maximum absolute atomic E-state index is 8.56. The summed E-state index contributed by atoms with van der Waals surface area (Å²) >= 11 is 8.07. The van der Waals surface area contributed by atoms with Gasteiger partial charge in [0.05, 0.1) is 17.5 Å². The van der Waals surface area contributed by atoms with Gasteiger partial charge < -0.3 is 20.3 Å². The van der Waals surface area contributed by atoms with Crippen molar-refractivity contribution in [1.82, 2.24) is 9.97 Å². The first-order valence-electron chi connectivity index (χ1n) is 11.1. The van der Waals surface area contributed by atoms with Gasteiger partial charge in [-0.2, -0.15) is 0 Å². The highest BCUT2D eigenvalue weighted by molar-refractivity contribution is 7.25. The fraction of sp³-hybridized carbons (Fsp3) is 0.320. The molecule has 0 aliphatic heterocycles. The van der Waals surface area contributed by atoms with Gasteiger partial charge in [0.15, 0.2) is 0 Å². The van der Waals surface area contributed by atoms with E-state index in [-0.39, 0.29) is 0 Å². The minimum Gasteiger partial charge on any atom is -0.495 e. The summed E-state index contributed by atoms with van der Waals surface area (Å²) in [5.74, 6) is 3.06. The van der Waals surface area contributed by atoms with Crippen LogP contribution in [-0.4, -0.2) is 33.4 Å². The molecule has 1 aliphatic rings. The van der Waals surface area contributed by atoms with E-state index in [2.05, 4.69) is 29.6 Å². The third-order valence-electron chi connectivity index (χ3n) is 5.90. The van der Waals surface area contributed by atoms with Crippen LogP contribution in [0.1, 0.15) is 49.4 Å². The van der Waals surface area contributed by atoms with E-state index in [1.54, 1.807) is 18.4 Å². The molecule has 2 heterocycles. The Morgan fingerprint density at radius 3 is 2.59 bits per heavy atom. The fourth-order valence-corrected chi connectivity index (χ4v) is 5.68. The maximum Gasteiger partial charge on any atom is 0.503 e. The van der Waals surface area contributed by atoms with Crippen molar-refractivity contribution in [2.24, 2.45) is 0 Å². The van der Waals surface area contributed by atoms with Gasteiger partial charge in [-0.3, -0.25) is 0 Å². The molecule has 1 fully saturated rings. The Morgan fingerprint density at radius 2 is 1.88 bits per heavy atom. The molecular weight excluding hydrogens is 474 g/mol. The normalized spacial score (nSPS) is 13.9. The summed E-state index contributed by atoms with van der Waals surface area (Å²) in [6.07, 6.45) is 4.40. The van der Waals surface area contributed by atoms with Crippen LogP contribution in [0.2, 0.25) is 5.02 Å². The van der Waals surface area contributed by atoms with Gasteiger partial charge in [-0.15, -0.1) is 11.3 Å². The zero-order chi connectivity index (χ0) is 24.1. The Hall–Kier alpha value is -3.10. The van der Waals surface area contributed by atoms with Crippen molar-refractivity contribution in [2.45, 2.75) is 44.6 Å². The Morgan fingerprint density at radius 1 is 1.15 bits per heavy atom.